The first-order valence-corrected chi connectivity index (χ1v) is 11.1. The summed E-state index contributed by atoms with van der Waals surface area (Å²) in [5, 5.41) is 5.00. The maximum Gasteiger partial charge on any atom is 0.146 e. The fraction of sp³-hybridized carbons (Fsp3) is 0.320. The van der Waals surface area contributed by atoms with E-state index in [0.29, 0.717) is 6.04 Å². The number of aryl methyl sites for hydroxylation is 1. The number of nitrogens with zero attached hydrogens (tertiary/aromatic N) is 3. The topological polar surface area (TPSA) is 55.9 Å². The predicted molar refractivity (Wildman–Crippen MR) is 124 cm³/mol. The average Bonchev–Trinajstić information content (AvgIpc) is 3.32. The van der Waals surface area contributed by atoms with Crippen molar-refractivity contribution >= 4 is 22.8 Å². The molecule has 0 saturated carbocycles. The van der Waals surface area contributed by atoms with Crippen molar-refractivity contribution in [2.45, 2.75) is 25.6 Å². The van der Waals surface area contributed by atoms with E-state index >= 15 is 0 Å². The summed E-state index contributed by atoms with van der Waals surface area (Å²) in [6.07, 6.45) is 4.96. The minimum Gasteiger partial charge on any atom is -0.377 e. The zero-order chi connectivity index (χ0) is 20.8. The zero-order valence-corrected chi connectivity index (χ0v) is 17.7. The normalized spacial score (nSPS) is 23.0. The maximum atomic E-state index is 5.86. The highest BCUT2D eigenvalue weighted by Crippen LogP contribution is 2.36. The molecule has 6 nitrogen and oxygen atoms in total. The van der Waals surface area contributed by atoms with Gasteiger partial charge in [-0.2, -0.15) is 0 Å². The second-order valence-corrected chi connectivity index (χ2v) is 8.36. The Bertz CT molecular complexity index is 1180. The molecule has 0 radical (unpaired) electrons. The van der Waals surface area contributed by atoms with Crippen LogP contribution in [0, 0.1) is 0 Å². The van der Waals surface area contributed by atoms with Gasteiger partial charge in [0.05, 0.1) is 25.5 Å². The van der Waals surface area contributed by atoms with Crippen molar-refractivity contribution in [3.63, 3.8) is 0 Å². The number of aliphatic imine (C=N–C) groups is 1. The molecule has 4 heterocycles. The third kappa shape index (κ3) is 3.01. The van der Waals surface area contributed by atoms with Crippen molar-refractivity contribution in [1.82, 2.24) is 15.2 Å². The van der Waals surface area contributed by atoms with E-state index in [1.165, 1.54) is 22.2 Å². The first-order chi connectivity index (χ1) is 15.3. The number of ether oxygens (including phenoxy) is 1. The Morgan fingerprint density at radius 1 is 1.13 bits per heavy atom. The molecule has 2 N–H and O–H groups in total. The fourth-order valence-corrected chi connectivity index (χ4v) is 5.09. The SMILES string of the molecule is CCc1ccccc1N1CC2COCCN2C2=C1C=NC(c1cccc3[nH]ccc13)N2. The lowest BCUT2D eigenvalue weighted by Gasteiger charge is -2.49. The number of hydrogen-bond acceptors (Lipinski definition) is 5. The van der Waals surface area contributed by atoms with Gasteiger partial charge in [0.1, 0.15) is 17.7 Å². The molecule has 3 aromatic rings. The molecule has 0 amide bonds. The quantitative estimate of drug-likeness (QED) is 0.686. The average molecular weight is 414 g/mol. The molecule has 31 heavy (non-hydrogen) atoms. The van der Waals surface area contributed by atoms with E-state index in [9.17, 15) is 0 Å². The van der Waals surface area contributed by atoms with Crippen molar-refractivity contribution in [3.05, 3.63) is 77.4 Å². The second-order valence-electron chi connectivity index (χ2n) is 8.36. The summed E-state index contributed by atoms with van der Waals surface area (Å²) in [4.78, 5) is 13.2. The number of aromatic amines is 1. The van der Waals surface area contributed by atoms with E-state index in [2.05, 4.69) is 81.8 Å². The monoisotopic (exact) mass is 413 g/mol. The fourth-order valence-electron chi connectivity index (χ4n) is 5.09. The molecule has 1 saturated heterocycles. The van der Waals surface area contributed by atoms with Crippen LogP contribution in [0.5, 0.6) is 0 Å². The van der Waals surface area contributed by atoms with Gasteiger partial charge < -0.3 is 24.8 Å². The van der Waals surface area contributed by atoms with Crippen LogP contribution in [0.4, 0.5) is 5.69 Å². The summed E-state index contributed by atoms with van der Waals surface area (Å²) in [6, 6.07) is 17.5. The maximum absolute atomic E-state index is 5.86. The second kappa shape index (κ2) is 7.46. The van der Waals surface area contributed by atoms with Gasteiger partial charge in [0, 0.05) is 41.4 Å². The Kier molecular flexibility index (Phi) is 4.46. The lowest BCUT2D eigenvalue weighted by atomic mass is 10.0. The van der Waals surface area contributed by atoms with Gasteiger partial charge in [-0.1, -0.05) is 37.3 Å². The molecule has 0 aliphatic carbocycles. The van der Waals surface area contributed by atoms with E-state index in [0.717, 1.165) is 49.8 Å². The number of allylic oxidation sites excluding steroid dienone is 1. The van der Waals surface area contributed by atoms with E-state index < -0.39 is 0 Å². The van der Waals surface area contributed by atoms with Crippen LogP contribution in [0.25, 0.3) is 10.9 Å². The lowest BCUT2D eigenvalue weighted by molar-refractivity contribution is 0.00410. The molecule has 6 heteroatoms. The predicted octanol–water partition coefficient (Wildman–Crippen LogP) is 3.79. The summed E-state index contributed by atoms with van der Waals surface area (Å²) in [5.74, 6) is 1.16. The van der Waals surface area contributed by atoms with E-state index in [1.54, 1.807) is 0 Å². The van der Waals surface area contributed by atoms with Crippen LogP contribution in [0.2, 0.25) is 0 Å². The van der Waals surface area contributed by atoms with Crippen molar-refractivity contribution in [2.24, 2.45) is 4.99 Å². The molecule has 0 bridgehead atoms. The summed E-state index contributed by atoms with van der Waals surface area (Å²) < 4.78 is 5.86. The van der Waals surface area contributed by atoms with Crippen LogP contribution >= 0.6 is 0 Å². The van der Waals surface area contributed by atoms with E-state index in [1.807, 2.05) is 6.20 Å². The summed E-state index contributed by atoms with van der Waals surface area (Å²) in [5.41, 5.74) is 6.10. The third-order valence-electron chi connectivity index (χ3n) is 6.65. The number of morpholine rings is 1. The van der Waals surface area contributed by atoms with Crippen molar-refractivity contribution < 1.29 is 4.74 Å². The van der Waals surface area contributed by atoms with Gasteiger partial charge >= 0.3 is 0 Å². The van der Waals surface area contributed by atoms with Gasteiger partial charge in [-0.15, -0.1) is 0 Å². The Morgan fingerprint density at radius 3 is 3.00 bits per heavy atom. The molecule has 2 aromatic carbocycles. The largest absolute Gasteiger partial charge is 0.377 e. The van der Waals surface area contributed by atoms with Crippen LogP contribution in [0.15, 0.2) is 71.2 Å². The highest BCUT2D eigenvalue weighted by molar-refractivity contribution is 5.89. The van der Waals surface area contributed by atoms with Crippen LogP contribution in [0.1, 0.15) is 24.2 Å². The van der Waals surface area contributed by atoms with Gasteiger partial charge in [0.2, 0.25) is 0 Å². The molecule has 1 fully saturated rings. The molecular formula is C25H27N5O. The van der Waals surface area contributed by atoms with Gasteiger partial charge in [-0.3, -0.25) is 4.99 Å². The highest BCUT2D eigenvalue weighted by atomic mass is 16.5. The molecule has 1 aromatic heterocycles. The molecular weight excluding hydrogens is 386 g/mol. The molecule has 158 valence electrons. The van der Waals surface area contributed by atoms with Crippen LogP contribution < -0.4 is 10.2 Å². The van der Waals surface area contributed by atoms with Crippen LogP contribution in [-0.4, -0.2) is 48.4 Å². The van der Waals surface area contributed by atoms with Crippen LogP contribution in [0.3, 0.4) is 0 Å². The minimum absolute atomic E-state index is 0.108. The lowest BCUT2D eigenvalue weighted by Crippen LogP contribution is -2.58. The standard InChI is InChI=1S/C25H27N5O/c1-2-17-6-3-4-9-22(17)30-15-18-16-31-13-12-29(18)25-23(30)14-27-24(28-25)20-7-5-8-21-19(20)10-11-26-21/h3-11,14,18,24,26,28H,2,12-13,15-16H2,1H3. The number of H-pyrrole nitrogens is 1. The summed E-state index contributed by atoms with van der Waals surface area (Å²) >= 11 is 0. The number of hydrogen-bond donors (Lipinski definition) is 2. The molecule has 3 aliphatic heterocycles. The van der Waals surface area contributed by atoms with E-state index in [-0.39, 0.29) is 6.17 Å². The number of rotatable bonds is 3. The third-order valence-corrected chi connectivity index (χ3v) is 6.65. The Morgan fingerprint density at radius 2 is 2.06 bits per heavy atom. The number of nitrogens with one attached hydrogen (secondary N) is 2. The Labute approximate surface area is 182 Å². The molecule has 3 aliphatic rings. The number of aromatic nitrogens is 1. The van der Waals surface area contributed by atoms with Crippen LogP contribution in [-0.2, 0) is 11.2 Å². The van der Waals surface area contributed by atoms with Crippen molar-refractivity contribution in [3.8, 4) is 0 Å². The Hall–Kier alpha value is -3.25. The number of benzene rings is 2. The number of fused-ring (bicyclic) bond motifs is 3. The van der Waals surface area contributed by atoms with Crippen molar-refractivity contribution in [1.29, 1.82) is 0 Å². The van der Waals surface area contributed by atoms with Gasteiger partial charge in [-0.25, -0.2) is 0 Å². The smallest absolute Gasteiger partial charge is 0.146 e. The number of para-hydroxylation sites is 1. The molecule has 6 rings (SSSR count). The molecule has 0 spiro atoms. The summed E-state index contributed by atoms with van der Waals surface area (Å²) in [6.45, 7) is 5.53. The number of anilines is 1. The first kappa shape index (κ1) is 18.5. The Balaban J connectivity index is 1.43. The highest BCUT2D eigenvalue weighted by Gasteiger charge is 2.38. The van der Waals surface area contributed by atoms with Crippen molar-refractivity contribution in [2.75, 3.05) is 31.2 Å². The van der Waals surface area contributed by atoms with Gasteiger partial charge in [-0.05, 0) is 30.2 Å². The summed E-state index contributed by atoms with van der Waals surface area (Å²) in [7, 11) is 0. The van der Waals surface area contributed by atoms with E-state index in [4.69, 9.17) is 9.73 Å². The molecule has 2 unspecified atom stereocenters. The van der Waals surface area contributed by atoms with Gasteiger partial charge in [0.15, 0.2) is 0 Å². The first-order valence-electron chi connectivity index (χ1n) is 11.1. The zero-order valence-electron chi connectivity index (χ0n) is 17.7. The molecule has 2 atom stereocenters. The minimum atomic E-state index is -0.108. The van der Waals surface area contributed by atoms with Gasteiger partial charge in [0.25, 0.3) is 0 Å².